The van der Waals surface area contributed by atoms with Crippen LogP contribution >= 0.6 is 20.7 Å². The van der Waals surface area contributed by atoms with Crippen LogP contribution in [0.25, 0.3) is 5.70 Å². The minimum absolute atomic E-state index is 0.150. The summed E-state index contributed by atoms with van der Waals surface area (Å²) in [5, 5.41) is 6.06. The molecule has 0 fully saturated rings. The van der Waals surface area contributed by atoms with Gasteiger partial charge in [-0.15, -0.1) is 0 Å². The maximum absolute atomic E-state index is 11.2. The Balaban J connectivity index is 2.40. The molecule has 1 aromatic heterocycles. The molecular weight excluding hydrogens is 204 g/mol. The fourth-order valence-electron chi connectivity index (χ4n) is 1.03. The van der Waals surface area contributed by atoms with Gasteiger partial charge in [0.2, 0.25) is 4.74 Å². The highest BCUT2D eigenvalue weighted by Crippen LogP contribution is 2.23. The summed E-state index contributed by atoms with van der Waals surface area (Å²) in [6.07, 6.45) is 5.46. The lowest BCUT2D eigenvalue weighted by Gasteiger charge is -2.09. The van der Waals surface area contributed by atoms with Gasteiger partial charge in [0.15, 0.2) is 0 Å². The van der Waals surface area contributed by atoms with E-state index in [0.29, 0.717) is 0 Å². The fourth-order valence-corrected chi connectivity index (χ4v) is 3.40. The number of rotatable bonds is 1. The summed E-state index contributed by atoms with van der Waals surface area (Å²) >= 11 is 0. The van der Waals surface area contributed by atoms with Gasteiger partial charge in [0, 0.05) is 24.2 Å². The van der Waals surface area contributed by atoms with Crippen LogP contribution in [-0.2, 0) is 0 Å². The van der Waals surface area contributed by atoms with E-state index in [1.807, 2.05) is 19.3 Å². The highest BCUT2D eigenvalue weighted by Gasteiger charge is 2.10. The van der Waals surface area contributed by atoms with Crippen LogP contribution in [0.4, 0.5) is 0 Å². The summed E-state index contributed by atoms with van der Waals surface area (Å²) in [4.78, 5) is 12.2. The van der Waals surface area contributed by atoms with Crippen molar-refractivity contribution in [3.8, 4) is 0 Å². The van der Waals surface area contributed by atoms with Crippen molar-refractivity contribution in [2.45, 2.75) is 6.92 Å². The molecule has 0 amide bonds. The zero-order valence-corrected chi connectivity index (χ0v) is 8.59. The highest BCUT2D eigenvalue weighted by atomic mass is 32.9. The first-order chi connectivity index (χ1) is 6.29. The number of nitrogens with one attached hydrogen (secondary N) is 2. The molecule has 0 unspecified atom stereocenters. The molecule has 68 valence electrons. The van der Waals surface area contributed by atoms with Gasteiger partial charge in [-0.1, -0.05) is 10.3 Å². The smallest absolute Gasteiger partial charge is 0.246 e. The van der Waals surface area contributed by atoms with Crippen molar-refractivity contribution in [2.75, 3.05) is 0 Å². The Kier molecular flexibility index (Phi) is 2.20. The predicted molar refractivity (Wildman–Crippen MR) is 56.6 cm³/mol. The van der Waals surface area contributed by atoms with Crippen LogP contribution in [0.2, 0.25) is 0 Å². The van der Waals surface area contributed by atoms with Crippen LogP contribution in [0, 0.1) is 6.92 Å². The minimum Gasteiger partial charge on any atom is -0.365 e. The van der Waals surface area contributed by atoms with Crippen molar-refractivity contribution in [2.24, 2.45) is 0 Å². The van der Waals surface area contributed by atoms with E-state index in [1.54, 1.807) is 6.20 Å². The molecule has 5 heteroatoms. The summed E-state index contributed by atoms with van der Waals surface area (Å²) in [5.41, 5.74) is 1.79. The molecule has 1 aliphatic rings. The van der Waals surface area contributed by atoms with E-state index in [9.17, 15) is 4.79 Å². The van der Waals surface area contributed by atoms with E-state index in [-0.39, 0.29) is 4.74 Å². The zero-order chi connectivity index (χ0) is 9.26. The van der Waals surface area contributed by atoms with Gasteiger partial charge in [0.1, 0.15) is 0 Å². The Morgan fingerprint density at radius 1 is 1.31 bits per heavy atom. The SMILES string of the molecule is Cc1c(C2=CNC=CN2)ssc1=O. The number of hydrogen-bond acceptors (Lipinski definition) is 5. The molecule has 0 saturated heterocycles. The third kappa shape index (κ3) is 1.52. The first kappa shape index (κ1) is 8.52. The Morgan fingerprint density at radius 3 is 2.69 bits per heavy atom. The normalized spacial score (nSPS) is 14.7. The molecule has 1 aliphatic heterocycles. The van der Waals surface area contributed by atoms with E-state index in [2.05, 4.69) is 10.6 Å². The molecule has 0 bridgehead atoms. The van der Waals surface area contributed by atoms with Crippen molar-refractivity contribution in [1.82, 2.24) is 10.6 Å². The third-order valence-corrected chi connectivity index (χ3v) is 4.18. The quantitative estimate of drug-likeness (QED) is 0.692. The highest BCUT2D eigenvalue weighted by molar-refractivity contribution is 7.68. The second-order valence-corrected chi connectivity index (χ2v) is 4.72. The predicted octanol–water partition coefficient (Wildman–Crippen LogP) is 1.44. The monoisotopic (exact) mass is 212 g/mol. The van der Waals surface area contributed by atoms with Crippen LogP contribution in [0.5, 0.6) is 0 Å². The van der Waals surface area contributed by atoms with Crippen molar-refractivity contribution in [3.63, 3.8) is 0 Å². The van der Waals surface area contributed by atoms with E-state index < -0.39 is 0 Å². The Hall–Kier alpha value is -1.07. The van der Waals surface area contributed by atoms with Gasteiger partial charge in [-0.2, -0.15) is 0 Å². The van der Waals surface area contributed by atoms with Crippen molar-refractivity contribution < 1.29 is 0 Å². The molecular formula is C8H8N2OS2. The summed E-state index contributed by atoms with van der Waals surface area (Å²) in [6.45, 7) is 1.85. The largest absolute Gasteiger partial charge is 0.365 e. The molecule has 1 aromatic rings. The number of hydrogen-bond donors (Lipinski definition) is 2. The van der Waals surface area contributed by atoms with Crippen LogP contribution in [0.3, 0.4) is 0 Å². The Labute approximate surface area is 82.8 Å². The topological polar surface area (TPSA) is 41.1 Å². The maximum Gasteiger partial charge on any atom is 0.246 e. The molecule has 2 heterocycles. The molecule has 2 rings (SSSR count). The lowest BCUT2D eigenvalue weighted by Crippen LogP contribution is -2.14. The van der Waals surface area contributed by atoms with Gasteiger partial charge in [-0.25, -0.2) is 0 Å². The molecule has 0 aromatic carbocycles. The fraction of sp³-hybridized carbons (Fsp3) is 0.125. The van der Waals surface area contributed by atoms with Gasteiger partial charge >= 0.3 is 0 Å². The van der Waals surface area contributed by atoms with Crippen molar-refractivity contribution in [1.29, 1.82) is 0 Å². The second kappa shape index (κ2) is 3.35. The summed E-state index contributed by atoms with van der Waals surface area (Å²) in [7, 11) is 2.79. The summed E-state index contributed by atoms with van der Waals surface area (Å²) in [6, 6.07) is 0. The van der Waals surface area contributed by atoms with Gasteiger partial charge in [-0.3, -0.25) is 4.79 Å². The van der Waals surface area contributed by atoms with Gasteiger partial charge in [-0.05, 0) is 17.3 Å². The lowest BCUT2D eigenvalue weighted by molar-refractivity contribution is 1.06. The molecule has 0 saturated carbocycles. The third-order valence-electron chi connectivity index (χ3n) is 1.74. The average molecular weight is 212 g/mol. The first-order valence-electron chi connectivity index (χ1n) is 3.77. The van der Waals surface area contributed by atoms with Gasteiger partial charge in [0.25, 0.3) is 0 Å². The van der Waals surface area contributed by atoms with E-state index in [1.165, 1.54) is 20.7 Å². The van der Waals surface area contributed by atoms with E-state index in [4.69, 9.17) is 0 Å². The van der Waals surface area contributed by atoms with Crippen LogP contribution in [0.1, 0.15) is 10.4 Å². The Bertz CT molecular complexity index is 428. The molecule has 0 atom stereocenters. The van der Waals surface area contributed by atoms with Crippen LogP contribution in [0.15, 0.2) is 23.4 Å². The maximum atomic E-state index is 11.2. The molecule has 0 spiro atoms. The molecule has 13 heavy (non-hydrogen) atoms. The van der Waals surface area contributed by atoms with Gasteiger partial charge in [0.05, 0.1) is 10.6 Å². The zero-order valence-electron chi connectivity index (χ0n) is 6.96. The van der Waals surface area contributed by atoms with Crippen molar-refractivity contribution >= 4 is 26.4 Å². The first-order valence-corrected chi connectivity index (χ1v) is 5.92. The average Bonchev–Trinajstić information content (AvgIpc) is 2.49. The molecule has 2 N–H and O–H groups in total. The Morgan fingerprint density at radius 2 is 2.15 bits per heavy atom. The lowest BCUT2D eigenvalue weighted by atomic mass is 10.2. The van der Waals surface area contributed by atoms with E-state index >= 15 is 0 Å². The molecule has 3 nitrogen and oxygen atoms in total. The molecule has 0 aliphatic carbocycles. The van der Waals surface area contributed by atoms with Crippen LogP contribution < -0.4 is 15.4 Å². The second-order valence-electron chi connectivity index (χ2n) is 2.61. The summed E-state index contributed by atoms with van der Waals surface area (Å²) < 4.78 is 0.150. The van der Waals surface area contributed by atoms with Crippen molar-refractivity contribution in [3.05, 3.63) is 38.6 Å². The van der Waals surface area contributed by atoms with Crippen LogP contribution in [-0.4, -0.2) is 0 Å². The molecule has 0 radical (unpaired) electrons. The van der Waals surface area contributed by atoms with E-state index in [0.717, 1.165) is 16.1 Å². The standard InChI is InChI=1S/C8H8N2OS2/c1-5-7(12-13-8(5)11)6-4-9-2-3-10-6/h2-4,9-10H,1H3. The summed E-state index contributed by atoms with van der Waals surface area (Å²) in [5.74, 6) is 0. The minimum atomic E-state index is 0.150. The van der Waals surface area contributed by atoms with Gasteiger partial charge < -0.3 is 10.6 Å².